The molecule has 0 aromatic carbocycles. The fourth-order valence-electron chi connectivity index (χ4n) is 1.13. The Morgan fingerprint density at radius 3 is 2.50 bits per heavy atom. The van der Waals surface area contributed by atoms with Crippen LogP contribution in [0.4, 0.5) is 0 Å². The molecular weight excluding hydrogens is 226 g/mol. The number of esters is 1. The molecule has 0 N–H and O–H groups in total. The van der Waals surface area contributed by atoms with Crippen LogP contribution in [0.25, 0.3) is 0 Å². The van der Waals surface area contributed by atoms with E-state index in [9.17, 15) is 4.79 Å². The lowest BCUT2D eigenvalue weighted by molar-refractivity contribution is -0.144. The normalized spacial score (nSPS) is 14.6. The van der Waals surface area contributed by atoms with Crippen molar-refractivity contribution in [1.82, 2.24) is 4.98 Å². The van der Waals surface area contributed by atoms with Crippen molar-refractivity contribution < 1.29 is 13.9 Å². The van der Waals surface area contributed by atoms with E-state index in [4.69, 9.17) is 9.15 Å². The van der Waals surface area contributed by atoms with Crippen LogP contribution >= 0.6 is 11.8 Å². The summed E-state index contributed by atoms with van der Waals surface area (Å²) >= 11 is 1.45. The molecule has 0 fully saturated rings. The maximum Gasteiger partial charge on any atom is 0.309 e. The topological polar surface area (TPSA) is 52.3 Å². The number of methoxy groups -OCH3 is 1. The van der Waals surface area contributed by atoms with E-state index < -0.39 is 0 Å². The first-order chi connectivity index (χ1) is 7.45. The van der Waals surface area contributed by atoms with E-state index in [1.54, 1.807) is 0 Å². The molecule has 1 aromatic rings. The van der Waals surface area contributed by atoms with Gasteiger partial charge in [-0.25, -0.2) is 4.98 Å². The molecule has 2 unspecified atom stereocenters. The van der Waals surface area contributed by atoms with Gasteiger partial charge in [-0.2, -0.15) is 0 Å². The number of hydrogen-bond acceptors (Lipinski definition) is 5. The Kier molecular flexibility index (Phi) is 4.41. The molecule has 0 aliphatic rings. The van der Waals surface area contributed by atoms with Crippen molar-refractivity contribution >= 4 is 17.7 Å². The second kappa shape index (κ2) is 5.39. The van der Waals surface area contributed by atoms with Crippen molar-refractivity contribution in [2.75, 3.05) is 7.11 Å². The number of nitrogens with zero attached hydrogens (tertiary/aromatic N) is 1. The average Bonchev–Trinajstić information content (AvgIpc) is 2.55. The molecule has 0 aliphatic heterocycles. The highest BCUT2D eigenvalue weighted by atomic mass is 32.2. The number of hydrogen-bond donors (Lipinski definition) is 0. The molecule has 4 nitrogen and oxygen atoms in total. The number of carbonyl (C=O) groups excluding carboxylic acids is 1. The fourth-order valence-corrected chi connectivity index (χ4v) is 2.13. The molecule has 0 bridgehead atoms. The van der Waals surface area contributed by atoms with E-state index in [1.807, 2.05) is 27.7 Å². The largest absolute Gasteiger partial charge is 0.469 e. The summed E-state index contributed by atoms with van der Waals surface area (Å²) in [6.07, 6.45) is 0. The minimum atomic E-state index is -0.208. The SMILES string of the molecule is COC(=O)C(C)C(C)Sc1nc(C)c(C)o1. The third kappa shape index (κ3) is 3.01. The fraction of sp³-hybridized carbons (Fsp3) is 0.636. The van der Waals surface area contributed by atoms with Crippen LogP contribution in [0, 0.1) is 19.8 Å². The highest BCUT2D eigenvalue weighted by Gasteiger charge is 2.23. The summed E-state index contributed by atoms with van der Waals surface area (Å²) in [7, 11) is 1.40. The number of ether oxygens (including phenoxy) is 1. The molecule has 90 valence electrons. The molecular formula is C11H17NO3S. The Morgan fingerprint density at radius 1 is 1.44 bits per heavy atom. The monoisotopic (exact) mass is 243 g/mol. The van der Waals surface area contributed by atoms with Crippen molar-refractivity contribution in [3.63, 3.8) is 0 Å². The van der Waals surface area contributed by atoms with Crippen molar-refractivity contribution in [1.29, 1.82) is 0 Å². The van der Waals surface area contributed by atoms with Crippen molar-refractivity contribution in [3.05, 3.63) is 11.5 Å². The van der Waals surface area contributed by atoms with Crippen LogP contribution in [0.15, 0.2) is 9.64 Å². The third-order valence-corrected chi connectivity index (χ3v) is 3.73. The number of carbonyl (C=O) groups is 1. The maximum absolute atomic E-state index is 11.3. The van der Waals surface area contributed by atoms with Gasteiger partial charge >= 0.3 is 5.97 Å². The second-order valence-corrected chi connectivity index (χ2v) is 5.08. The van der Waals surface area contributed by atoms with Gasteiger partial charge in [-0.05, 0) is 13.8 Å². The molecule has 2 atom stereocenters. The molecule has 0 aliphatic carbocycles. The van der Waals surface area contributed by atoms with Crippen LogP contribution in [0.1, 0.15) is 25.3 Å². The van der Waals surface area contributed by atoms with E-state index in [-0.39, 0.29) is 17.1 Å². The standard InChI is InChI=1S/C11H17NO3S/c1-6(10(13)14-5)9(4)16-11-12-7(2)8(3)15-11/h6,9H,1-5H3. The van der Waals surface area contributed by atoms with Gasteiger partial charge in [-0.15, -0.1) is 0 Å². The molecule has 0 spiro atoms. The summed E-state index contributed by atoms with van der Waals surface area (Å²) in [6, 6.07) is 0. The summed E-state index contributed by atoms with van der Waals surface area (Å²) in [5, 5.41) is 0.683. The smallest absolute Gasteiger partial charge is 0.309 e. The molecule has 5 heteroatoms. The highest BCUT2D eigenvalue weighted by Crippen LogP contribution is 2.28. The molecule has 0 saturated carbocycles. The minimum absolute atomic E-state index is 0.0740. The summed E-state index contributed by atoms with van der Waals surface area (Å²) < 4.78 is 10.1. The van der Waals surface area contributed by atoms with Gasteiger partial charge in [-0.3, -0.25) is 4.79 Å². The quantitative estimate of drug-likeness (QED) is 0.601. The summed E-state index contributed by atoms with van der Waals surface area (Å²) in [4.78, 5) is 15.6. The Hall–Kier alpha value is -0.970. The van der Waals surface area contributed by atoms with Crippen LogP contribution in [-0.4, -0.2) is 23.3 Å². The minimum Gasteiger partial charge on any atom is -0.469 e. The van der Waals surface area contributed by atoms with Crippen LogP contribution in [-0.2, 0) is 9.53 Å². The van der Waals surface area contributed by atoms with E-state index in [2.05, 4.69) is 4.98 Å². The lowest BCUT2D eigenvalue weighted by atomic mass is 10.1. The van der Waals surface area contributed by atoms with E-state index in [1.165, 1.54) is 18.9 Å². The second-order valence-electron chi connectivity index (χ2n) is 3.76. The molecule has 0 amide bonds. The molecule has 16 heavy (non-hydrogen) atoms. The Bertz CT molecular complexity index is 356. The van der Waals surface area contributed by atoms with Crippen molar-refractivity contribution in [2.45, 2.75) is 38.2 Å². The van der Waals surface area contributed by atoms with Gasteiger partial charge in [0.1, 0.15) is 5.76 Å². The predicted octanol–water partition coefficient (Wildman–Crippen LogP) is 2.58. The number of thioether (sulfide) groups is 1. The summed E-state index contributed by atoms with van der Waals surface area (Å²) in [5.74, 6) is 0.433. The highest BCUT2D eigenvalue weighted by molar-refractivity contribution is 7.99. The summed E-state index contributed by atoms with van der Waals surface area (Å²) in [5.41, 5.74) is 0.889. The van der Waals surface area contributed by atoms with E-state index in [0.29, 0.717) is 5.22 Å². The van der Waals surface area contributed by atoms with Crippen molar-refractivity contribution in [2.24, 2.45) is 5.92 Å². The lowest BCUT2D eigenvalue weighted by Gasteiger charge is -2.14. The first-order valence-corrected chi connectivity index (χ1v) is 6.02. The number of oxazole rings is 1. The van der Waals surface area contributed by atoms with Gasteiger partial charge in [0.25, 0.3) is 5.22 Å². The number of aryl methyl sites for hydroxylation is 2. The van der Waals surface area contributed by atoms with E-state index >= 15 is 0 Å². The van der Waals surface area contributed by atoms with Crippen LogP contribution < -0.4 is 0 Å². The van der Waals surface area contributed by atoms with Crippen molar-refractivity contribution in [3.8, 4) is 0 Å². The van der Waals surface area contributed by atoms with Gasteiger partial charge in [-0.1, -0.05) is 25.6 Å². The zero-order valence-corrected chi connectivity index (χ0v) is 11.1. The molecule has 1 rings (SSSR count). The van der Waals surface area contributed by atoms with Crippen LogP contribution in [0.2, 0.25) is 0 Å². The van der Waals surface area contributed by atoms with E-state index in [0.717, 1.165) is 11.5 Å². The zero-order chi connectivity index (χ0) is 12.3. The number of rotatable bonds is 4. The van der Waals surface area contributed by atoms with Crippen LogP contribution in [0.3, 0.4) is 0 Å². The third-order valence-electron chi connectivity index (χ3n) is 2.57. The van der Waals surface area contributed by atoms with Gasteiger partial charge < -0.3 is 9.15 Å². The Balaban J connectivity index is 2.63. The maximum atomic E-state index is 11.3. The molecule has 1 heterocycles. The number of aromatic nitrogens is 1. The Labute approximate surface area is 99.8 Å². The molecule has 0 radical (unpaired) electrons. The first kappa shape index (κ1) is 13.1. The van der Waals surface area contributed by atoms with Crippen LogP contribution in [0.5, 0.6) is 0 Å². The zero-order valence-electron chi connectivity index (χ0n) is 10.2. The van der Waals surface area contributed by atoms with Gasteiger partial charge in [0, 0.05) is 5.25 Å². The average molecular weight is 243 g/mol. The molecule has 1 aromatic heterocycles. The van der Waals surface area contributed by atoms with Gasteiger partial charge in [0.05, 0.1) is 18.7 Å². The summed E-state index contributed by atoms with van der Waals surface area (Å²) in [6.45, 7) is 7.57. The molecule has 0 saturated heterocycles. The Morgan fingerprint density at radius 2 is 2.06 bits per heavy atom. The lowest BCUT2D eigenvalue weighted by Crippen LogP contribution is -2.21. The van der Waals surface area contributed by atoms with Gasteiger partial charge in [0.2, 0.25) is 0 Å². The first-order valence-electron chi connectivity index (χ1n) is 5.14. The predicted molar refractivity (Wildman–Crippen MR) is 62.5 cm³/mol. The van der Waals surface area contributed by atoms with Gasteiger partial charge in [0.15, 0.2) is 0 Å².